The highest BCUT2D eigenvalue weighted by atomic mass is 32.1. The molecule has 2 rings (SSSR count). The van der Waals surface area contributed by atoms with Crippen molar-refractivity contribution in [2.45, 2.75) is 101 Å². The van der Waals surface area contributed by atoms with Crippen LogP contribution in [0.15, 0.2) is 0 Å². The number of hydrogen-bond donors (Lipinski definition) is 2. The second kappa shape index (κ2) is 12.0. The lowest BCUT2D eigenvalue weighted by Crippen LogP contribution is -2.35. The molecule has 0 radical (unpaired) electrons. The van der Waals surface area contributed by atoms with Crippen LogP contribution in [0.3, 0.4) is 0 Å². The molecule has 4 nitrogen and oxygen atoms in total. The van der Waals surface area contributed by atoms with E-state index in [-0.39, 0.29) is 24.1 Å². The monoisotopic (exact) mass is 378 g/mol. The first kappa shape index (κ1) is 20.8. The first-order valence-electron chi connectivity index (χ1n) is 9.57. The Labute approximate surface area is 158 Å². The zero-order valence-electron chi connectivity index (χ0n) is 14.9. The van der Waals surface area contributed by atoms with E-state index in [1.54, 1.807) is 0 Å². The van der Waals surface area contributed by atoms with Crippen LogP contribution in [0.4, 0.5) is 0 Å². The molecule has 4 unspecified atom stereocenters. The second-order valence-electron chi connectivity index (χ2n) is 6.82. The summed E-state index contributed by atoms with van der Waals surface area (Å²) in [5.74, 6) is 0. The maximum atomic E-state index is 6.11. The summed E-state index contributed by atoms with van der Waals surface area (Å²) in [6.45, 7) is 3.72. The zero-order chi connectivity index (χ0) is 17.2. The first-order valence-corrected chi connectivity index (χ1v) is 10.6. The smallest absolute Gasteiger partial charge is 0.164 e. The minimum absolute atomic E-state index is 0.152. The highest BCUT2D eigenvalue weighted by molar-refractivity contribution is 7.81. The highest BCUT2D eigenvalue weighted by Crippen LogP contribution is 2.25. The molecule has 0 aromatic heterocycles. The molecule has 2 saturated heterocycles. The van der Waals surface area contributed by atoms with Gasteiger partial charge in [0.1, 0.15) is 0 Å². The van der Waals surface area contributed by atoms with E-state index in [1.165, 1.54) is 0 Å². The third kappa shape index (κ3) is 8.28. The molecule has 2 aliphatic rings. The Hall–Kier alpha value is 0.540. The molecule has 0 amide bonds. The Balaban J connectivity index is 1.80. The number of thiol groups is 2. The van der Waals surface area contributed by atoms with Gasteiger partial charge in [0.25, 0.3) is 0 Å². The van der Waals surface area contributed by atoms with Gasteiger partial charge >= 0.3 is 0 Å². The van der Waals surface area contributed by atoms with E-state index in [1.807, 2.05) is 0 Å². The van der Waals surface area contributed by atoms with Crippen molar-refractivity contribution in [3.63, 3.8) is 0 Å². The van der Waals surface area contributed by atoms with Crippen LogP contribution in [0, 0.1) is 0 Å². The van der Waals surface area contributed by atoms with Crippen LogP contribution in [0.25, 0.3) is 0 Å². The minimum Gasteiger partial charge on any atom is -0.353 e. The van der Waals surface area contributed by atoms with Gasteiger partial charge in [-0.3, -0.25) is 0 Å². The molecule has 2 aliphatic heterocycles. The third-order valence-corrected chi connectivity index (χ3v) is 5.74. The van der Waals surface area contributed by atoms with Crippen molar-refractivity contribution in [2.24, 2.45) is 0 Å². The van der Waals surface area contributed by atoms with Crippen molar-refractivity contribution < 1.29 is 18.9 Å². The van der Waals surface area contributed by atoms with Gasteiger partial charge in [0.15, 0.2) is 18.9 Å². The summed E-state index contributed by atoms with van der Waals surface area (Å²) < 4.78 is 23.6. The van der Waals surface area contributed by atoms with Crippen LogP contribution in [-0.2, 0) is 18.9 Å². The maximum Gasteiger partial charge on any atom is 0.164 e. The van der Waals surface area contributed by atoms with Crippen molar-refractivity contribution in [3.8, 4) is 0 Å². The SMILES string of the molecule is CCC(S)CCC(S)CC(OC1CCCCO1)OC1CCCCO1. The average molecular weight is 379 g/mol. The van der Waals surface area contributed by atoms with Gasteiger partial charge in [-0.05, 0) is 57.8 Å². The molecule has 0 aromatic rings. The van der Waals surface area contributed by atoms with Gasteiger partial charge in [-0.25, -0.2) is 0 Å². The van der Waals surface area contributed by atoms with E-state index in [9.17, 15) is 0 Å². The molecule has 24 heavy (non-hydrogen) atoms. The molecule has 6 heteroatoms. The average Bonchev–Trinajstić information content (AvgIpc) is 2.61. The molecule has 142 valence electrons. The summed E-state index contributed by atoms with van der Waals surface area (Å²) in [5, 5.41) is 0.687. The number of rotatable bonds is 10. The largest absolute Gasteiger partial charge is 0.353 e. The Morgan fingerprint density at radius 1 is 0.875 bits per heavy atom. The molecule has 0 aromatic carbocycles. The fraction of sp³-hybridized carbons (Fsp3) is 1.00. The van der Waals surface area contributed by atoms with Crippen LogP contribution in [0.5, 0.6) is 0 Å². The standard InChI is InChI=1S/C18H34O4S2/c1-2-14(23)9-10-15(24)13-18(21-16-7-3-5-11-19-16)22-17-8-4-6-12-20-17/h14-18,23-24H,2-13H2,1H3. The second-order valence-corrected chi connectivity index (χ2v) is 8.28. The van der Waals surface area contributed by atoms with Crippen molar-refractivity contribution in [2.75, 3.05) is 13.2 Å². The summed E-state index contributed by atoms with van der Waals surface area (Å²) in [7, 11) is 0. The van der Waals surface area contributed by atoms with E-state index < -0.39 is 0 Å². The van der Waals surface area contributed by atoms with E-state index in [4.69, 9.17) is 31.6 Å². The summed E-state index contributed by atoms with van der Waals surface area (Å²) in [6.07, 6.45) is 9.75. The predicted molar refractivity (Wildman–Crippen MR) is 103 cm³/mol. The van der Waals surface area contributed by atoms with Gasteiger partial charge in [0.2, 0.25) is 0 Å². The zero-order valence-corrected chi connectivity index (χ0v) is 16.7. The Morgan fingerprint density at radius 3 is 1.88 bits per heavy atom. The van der Waals surface area contributed by atoms with E-state index in [0.717, 1.165) is 77.4 Å². The van der Waals surface area contributed by atoms with Crippen molar-refractivity contribution >= 4 is 25.3 Å². The molecule has 0 spiro atoms. The van der Waals surface area contributed by atoms with Gasteiger partial charge in [0.05, 0.1) is 0 Å². The van der Waals surface area contributed by atoms with Gasteiger partial charge in [-0.15, -0.1) is 0 Å². The topological polar surface area (TPSA) is 36.9 Å². The van der Waals surface area contributed by atoms with Gasteiger partial charge in [-0.1, -0.05) is 6.92 Å². The summed E-state index contributed by atoms with van der Waals surface area (Å²) in [6, 6.07) is 0. The molecule has 2 fully saturated rings. The lowest BCUT2D eigenvalue weighted by Gasteiger charge is -2.32. The lowest BCUT2D eigenvalue weighted by atomic mass is 10.1. The molecule has 0 aliphatic carbocycles. The molecule has 2 heterocycles. The quantitative estimate of drug-likeness (QED) is 0.431. The van der Waals surface area contributed by atoms with Gasteiger partial charge in [0, 0.05) is 30.1 Å². The van der Waals surface area contributed by atoms with Crippen LogP contribution in [0.2, 0.25) is 0 Å². The molecule has 0 bridgehead atoms. The van der Waals surface area contributed by atoms with Gasteiger partial charge in [-0.2, -0.15) is 25.3 Å². The normalized spacial score (nSPS) is 29.1. The van der Waals surface area contributed by atoms with E-state index >= 15 is 0 Å². The third-order valence-electron chi connectivity index (χ3n) is 4.65. The van der Waals surface area contributed by atoms with Crippen LogP contribution in [-0.4, -0.2) is 42.6 Å². The molecule has 0 saturated carbocycles. The van der Waals surface area contributed by atoms with Crippen molar-refractivity contribution in [3.05, 3.63) is 0 Å². The van der Waals surface area contributed by atoms with Crippen molar-refractivity contribution in [1.29, 1.82) is 0 Å². The Morgan fingerprint density at radius 2 is 1.42 bits per heavy atom. The fourth-order valence-corrected chi connectivity index (χ4v) is 3.52. The van der Waals surface area contributed by atoms with Crippen LogP contribution in [0.1, 0.15) is 71.1 Å². The number of ether oxygens (including phenoxy) is 4. The first-order chi connectivity index (χ1) is 11.7. The Kier molecular flexibility index (Phi) is 10.4. The summed E-state index contributed by atoms with van der Waals surface area (Å²) in [5.41, 5.74) is 0. The minimum atomic E-state index is -0.307. The lowest BCUT2D eigenvalue weighted by molar-refractivity contribution is -0.306. The maximum absolute atomic E-state index is 6.11. The molecule has 4 atom stereocenters. The summed E-state index contributed by atoms with van der Waals surface area (Å²) >= 11 is 9.31. The van der Waals surface area contributed by atoms with Crippen LogP contribution < -0.4 is 0 Å². The highest BCUT2D eigenvalue weighted by Gasteiger charge is 2.26. The van der Waals surface area contributed by atoms with Gasteiger partial charge < -0.3 is 18.9 Å². The molecule has 0 N–H and O–H groups in total. The van der Waals surface area contributed by atoms with E-state index in [0.29, 0.717) is 5.25 Å². The van der Waals surface area contributed by atoms with E-state index in [2.05, 4.69) is 19.6 Å². The fourth-order valence-electron chi connectivity index (χ4n) is 3.05. The van der Waals surface area contributed by atoms with Crippen LogP contribution >= 0.6 is 25.3 Å². The molecular formula is C18H34O4S2. The Bertz CT molecular complexity index is 300. The van der Waals surface area contributed by atoms with Crippen molar-refractivity contribution in [1.82, 2.24) is 0 Å². The number of hydrogen-bond acceptors (Lipinski definition) is 6. The predicted octanol–water partition coefficient (Wildman–Crippen LogP) is 4.58. The molecular weight excluding hydrogens is 344 g/mol. The summed E-state index contributed by atoms with van der Waals surface area (Å²) in [4.78, 5) is 0.